The van der Waals surface area contributed by atoms with Gasteiger partial charge in [-0.3, -0.25) is 0 Å². The average Bonchev–Trinajstić information content (AvgIpc) is 2.46. The molecule has 1 aliphatic heterocycles. The van der Waals surface area contributed by atoms with Crippen molar-refractivity contribution in [3.8, 4) is 0 Å². The molecule has 1 aliphatic carbocycles. The van der Waals surface area contributed by atoms with E-state index < -0.39 is 0 Å². The molecule has 0 aromatic carbocycles. The highest BCUT2D eigenvalue weighted by Gasteiger charge is 2.34. The van der Waals surface area contributed by atoms with Gasteiger partial charge in [0.05, 0.1) is 6.08 Å². The molecule has 1 heterocycles. The zero-order valence-corrected chi connectivity index (χ0v) is 4.50. The van der Waals surface area contributed by atoms with Gasteiger partial charge < -0.3 is 5.21 Å². The molecule has 2 rings (SSSR count). The molecule has 0 saturated heterocycles. The zero-order chi connectivity index (χ0) is 5.56. The van der Waals surface area contributed by atoms with Crippen molar-refractivity contribution >= 4 is 5.71 Å². The van der Waals surface area contributed by atoms with Gasteiger partial charge in [0.15, 0.2) is 6.20 Å². The Bertz CT molecular complexity index is 177. The maximum absolute atomic E-state index is 10.5. The Hall–Kier alpha value is -0.790. The van der Waals surface area contributed by atoms with Crippen molar-refractivity contribution in [1.82, 2.24) is 0 Å². The second-order valence-electron chi connectivity index (χ2n) is 2.34. The number of nitrogens with zero attached hydrogens (tertiary/aromatic N) is 1. The number of hydrogen-bond donors (Lipinski definition) is 0. The average molecular weight is 109 g/mol. The molecule has 0 N–H and O–H groups in total. The summed E-state index contributed by atoms with van der Waals surface area (Å²) < 4.78 is 0.970. The maximum atomic E-state index is 10.5. The van der Waals surface area contributed by atoms with Gasteiger partial charge in [-0.15, -0.1) is 0 Å². The van der Waals surface area contributed by atoms with E-state index in [9.17, 15) is 5.21 Å². The van der Waals surface area contributed by atoms with Crippen molar-refractivity contribution in [3.63, 3.8) is 0 Å². The number of hydrogen-bond acceptors (Lipinski definition) is 1. The molecule has 8 heavy (non-hydrogen) atoms. The highest BCUT2D eigenvalue weighted by atomic mass is 16.5. The quantitative estimate of drug-likeness (QED) is 0.362. The van der Waals surface area contributed by atoms with Crippen LogP contribution in [0.5, 0.6) is 0 Å². The van der Waals surface area contributed by atoms with Gasteiger partial charge in [-0.2, -0.15) is 4.74 Å². The molecule has 2 heteroatoms. The Morgan fingerprint density at radius 1 is 1.62 bits per heavy atom. The van der Waals surface area contributed by atoms with Crippen LogP contribution in [0.3, 0.4) is 0 Å². The summed E-state index contributed by atoms with van der Waals surface area (Å²) in [6, 6.07) is 0. The van der Waals surface area contributed by atoms with Crippen LogP contribution in [-0.2, 0) is 0 Å². The predicted molar refractivity (Wildman–Crippen MR) is 30.5 cm³/mol. The van der Waals surface area contributed by atoms with E-state index in [0.717, 1.165) is 10.5 Å². The molecule has 0 aromatic rings. The van der Waals surface area contributed by atoms with E-state index in [0.29, 0.717) is 5.92 Å². The summed E-state index contributed by atoms with van der Waals surface area (Å²) in [5.41, 5.74) is 0.991. The van der Waals surface area contributed by atoms with Gasteiger partial charge in [0.25, 0.3) is 0 Å². The van der Waals surface area contributed by atoms with Crippen LogP contribution >= 0.6 is 0 Å². The van der Waals surface area contributed by atoms with Crippen LogP contribution in [0, 0.1) is 11.1 Å². The number of hydroxylamine groups is 1. The monoisotopic (exact) mass is 109 g/mol. The van der Waals surface area contributed by atoms with Gasteiger partial charge in [0.2, 0.25) is 5.71 Å². The lowest BCUT2D eigenvalue weighted by atomic mass is 10.2. The van der Waals surface area contributed by atoms with E-state index in [1.54, 1.807) is 6.20 Å². The highest BCUT2D eigenvalue weighted by Crippen LogP contribution is 2.32. The maximum Gasteiger partial charge on any atom is 0.201 e. The Balaban J connectivity index is 2.16. The standard InChI is InChI=1S/C6H7NO/c8-7-4-3-6(7)5-1-2-5/h3-5H,1-2H2. The predicted octanol–water partition coefficient (Wildman–Crippen LogP) is 0.875. The fourth-order valence-electron chi connectivity index (χ4n) is 0.917. The van der Waals surface area contributed by atoms with Crippen molar-refractivity contribution in [2.75, 3.05) is 0 Å². The molecular formula is C6H7NO. The van der Waals surface area contributed by atoms with Crippen molar-refractivity contribution in [2.24, 2.45) is 5.92 Å². The topological polar surface area (TPSA) is 26.1 Å². The van der Waals surface area contributed by atoms with E-state index in [1.807, 2.05) is 6.08 Å². The van der Waals surface area contributed by atoms with Gasteiger partial charge in [0, 0.05) is 5.92 Å². The van der Waals surface area contributed by atoms with Crippen LogP contribution < -0.4 is 0 Å². The second kappa shape index (κ2) is 1.13. The second-order valence-corrected chi connectivity index (χ2v) is 2.34. The van der Waals surface area contributed by atoms with E-state index >= 15 is 0 Å². The lowest BCUT2D eigenvalue weighted by Gasteiger charge is -2.07. The molecule has 1 fully saturated rings. The minimum atomic E-state index is 0.623. The molecule has 42 valence electrons. The number of rotatable bonds is 1. The van der Waals surface area contributed by atoms with Crippen molar-refractivity contribution < 1.29 is 4.74 Å². The summed E-state index contributed by atoms with van der Waals surface area (Å²) in [5.74, 6) is 0.623. The molecule has 0 spiro atoms. The Morgan fingerprint density at radius 2 is 2.38 bits per heavy atom. The summed E-state index contributed by atoms with van der Waals surface area (Å²) in [4.78, 5) is 0. The van der Waals surface area contributed by atoms with Gasteiger partial charge in [-0.25, -0.2) is 0 Å². The Kier molecular flexibility index (Phi) is 0.583. The SMILES string of the molecule is [O-][N+]1=C(C2CC2)C=C1. The molecule has 0 bridgehead atoms. The smallest absolute Gasteiger partial charge is 0.201 e. The van der Waals surface area contributed by atoms with E-state index in [-0.39, 0.29) is 0 Å². The molecule has 2 nitrogen and oxygen atoms in total. The number of allylic oxidation sites excluding steroid dienone is 1. The van der Waals surface area contributed by atoms with Crippen molar-refractivity contribution in [2.45, 2.75) is 12.8 Å². The molecule has 0 radical (unpaired) electrons. The van der Waals surface area contributed by atoms with Gasteiger partial charge in [-0.1, -0.05) is 0 Å². The normalized spacial score (nSPS) is 26.0. The first-order chi connectivity index (χ1) is 3.88. The van der Waals surface area contributed by atoms with E-state index in [4.69, 9.17) is 0 Å². The first kappa shape index (κ1) is 4.13. The Labute approximate surface area is 47.7 Å². The third-order valence-corrected chi connectivity index (χ3v) is 1.63. The zero-order valence-electron chi connectivity index (χ0n) is 4.50. The van der Waals surface area contributed by atoms with Crippen LogP contribution in [-0.4, -0.2) is 10.5 Å². The van der Waals surface area contributed by atoms with E-state index in [1.165, 1.54) is 12.8 Å². The highest BCUT2D eigenvalue weighted by molar-refractivity contribution is 5.97. The van der Waals surface area contributed by atoms with Gasteiger partial charge >= 0.3 is 0 Å². The van der Waals surface area contributed by atoms with Gasteiger partial charge in [-0.05, 0) is 12.8 Å². The summed E-state index contributed by atoms with van der Waals surface area (Å²) in [6.45, 7) is 0. The molecule has 1 saturated carbocycles. The van der Waals surface area contributed by atoms with Gasteiger partial charge in [0.1, 0.15) is 0 Å². The largest absolute Gasteiger partial charge is 0.618 e. The third kappa shape index (κ3) is 0.399. The fraction of sp³-hybridized carbons (Fsp3) is 0.500. The van der Waals surface area contributed by atoms with Crippen LogP contribution in [0.4, 0.5) is 0 Å². The van der Waals surface area contributed by atoms with Crippen molar-refractivity contribution in [1.29, 1.82) is 0 Å². The minimum absolute atomic E-state index is 0.623. The van der Waals surface area contributed by atoms with Crippen molar-refractivity contribution in [3.05, 3.63) is 17.5 Å². The van der Waals surface area contributed by atoms with Crippen LogP contribution in [0.25, 0.3) is 0 Å². The first-order valence-electron chi connectivity index (χ1n) is 2.89. The molecule has 0 amide bonds. The fourth-order valence-corrected chi connectivity index (χ4v) is 0.917. The van der Waals surface area contributed by atoms with Crippen LogP contribution in [0.2, 0.25) is 0 Å². The van der Waals surface area contributed by atoms with E-state index in [2.05, 4.69) is 0 Å². The molecular weight excluding hydrogens is 102 g/mol. The van der Waals surface area contributed by atoms with Crippen LogP contribution in [0.1, 0.15) is 12.8 Å². The molecule has 0 unspecified atom stereocenters. The minimum Gasteiger partial charge on any atom is -0.618 e. The molecule has 0 atom stereocenters. The summed E-state index contributed by atoms with van der Waals surface area (Å²) >= 11 is 0. The lowest BCUT2D eigenvalue weighted by Crippen LogP contribution is -2.18. The third-order valence-electron chi connectivity index (χ3n) is 1.63. The summed E-state index contributed by atoms with van der Waals surface area (Å²) in [6.07, 6.45) is 5.91. The Morgan fingerprint density at radius 3 is 2.50 bits per heavy atom. The molecule has 0 aromatic heterocycles. The lowest BCUT2D eigenvalue weighted by molar-refractivity contribution is -0.391. The van der Waals surface area contributed by atoms with Crippen LogP contribution in [0.15, 0.2) is 12.3 Å². The summed E-state index contributed by atoms with van der Waals surface area (Å²) in [7, 11) is 0. The summed E-state index contributed by atoms with van der Waals surface area (Å²) in [5, 5.41) is 10.5. The first-order valence-corrected chi connectivity index (χ1v) is 2.89. The molecule has 2 aliphatic rings.